The molecule has 0 fully saturated rings. The van der Waals surface area contributed by atoms with Gasteiger partial charge in [-0.1, -0.05) is 60.7 Å². The second-order valence-corrected chi connectivity index (χ2v) is 6.40. The zero-order valence-corrected chi connectivity index (χ0v) is 14.3. The van der Waals surface area contributed by atoms with E-state index in [0.29, 0.717) is 17.8 Å². The fourth-order valence-electron chi connectivity index (χ4n) is 3.49. The molecule has 0 aromatic heterocycles. The number of hydrogen-bond donors (Lipinski definition) is 1. The summed E-state index contributed by atoms with van der Waals surface area (Å²) >= 11 is 0. The highest BCUT2D eigenvalue weighted by Crippen LogP contribution is 2.47. The molecule has 1 spiro atoms. The van der Waals surface area contributed by atoms with E-state index in [9.17, 15) is 15.3 Å². The van der Waals surface area contributed by atoms with Crippen LogP contribution in [-0.4, -0.2) is 11.6 Å². The molecule has 0 saturated carbocycles. The van der Waals surface area contributed by atoms with E-state index in [1.807, 2.05) is 72.8 Å². The SMILES string of the molecule is N#CC(C#N)=C1N=C(c2ccccc2)CC12C=C(c1ccccc1)NC2=O. The highest BCUT2D eigenvalue weighted by Gasteiger charge is 2.51. The lowest BCUT2D eigenvalue weighted by Gasteiger charge is -2.18. The van der Waals surface area contributed by atoms with Crippen molar-refractivity contribution in [1.82, 2.24) is 5.32 Å². The third kappa shape index (κ3) is 2.63. The van der Waals surface area contributed by atoms with Crippen molar-refractivity contribution in [3.8, 4) is 12.1 Å². The number of nitriles is 2. The van der Waals surface area contributed by atoms with Crippen LogP contribution in [0.2, 0.25) is 0 Å². The van der Waals surface area contributed by atoms with Gasteiger partial charge in [-0.2, -0.15) is 10.5 Å². The number of carbonyl (C=O) groups excluding carboxylic acids is 1. The van der Waals surface area contributed by atoms with Crippen molar-refractivity contribution in [1.29, 1.82) is 10.5 Å². The fourth-order valence-corrected chi connectivity index (χ4v) is 3.49. The molecule has 1 N–H and O–H groups in total. The third-order valence-electron chi connectivity index (χ3n) is 4.81. The molecule has 0 aliphatic carbocycles. The van der Waals surface area contributed by atoms with Crippen LogP contribution >= 0.6 is 0 Å². The summed E-state index contributed by atoms with van der Waals surface area (Å²) in [6, 6.07) is 22.8. The maximum atomic E-state index is 13.0. The minimum atomic E-state index is -1.14. The predicted molar refractivity (Wildman–Crippen MR) is 101 cm³/mol. The van der Waals surface area contributed by atoms with Gasteiger partial charge in [0.05, 0.1) is 5.70 Å². The second kappa shape index (κ2) is 6.40. The Hall–Kier alpha value is -3.96. The summed E-state index contributed by atoms with van der Waals surface area (Å²) in [5, 5.41) is 21.7. The fraction of sp³-hybridized carbons (Fsp3) is 0.0909. The Bertz CT molecular complexity index is 1080. The van der Waals surface area contributed by atoms with Gasteiger partial charge in [0, 0.05) is 17.8 Å². The third-order valence-corrected chi connectivity index (χ3v) is 4.81. The average molecular weight is 350 g/mol. The van der Waals surface area contributed by atoms with Crippen LogP contribution in [0.1, 0.15) is 17.5 Å². The number of rotatable bonds is 2. The first-order valence-corrected chi connectivity index (χ1v) is 8.45. The molecule has 0 bridgehead atoms. The smallest absolute Gasteiger partial charge is 0.241 e. The van der Waals surface area contributed by atoms with Crippen molar-refractivity contribution in [2.24, 2.45) is 10.4 Å². The molecule has 5 heteroatoms. The van der Waals surface area contributed by atoms with E-state index in [4.69, 9.17) is 0 Å². The number of aliphatic imine (C=N–C) groups is 1. The summed E-state index contributed by atoms with van der Waals surface area (Å²) in [4.78, 5) is 17.6. The van der Waals surface area contributed by atoms with E-state index in [2.05, 4.69) is 10.3 Å². The van der Waals surface area contributed by atoms with Crippen molar-refractivity contribution in [3.63, 3.8) is 0 Å². The zero-order valence-electron chi connectivity index (χ0n) is 14.3. The van der Waals surface area contributed by atoms with Crippen LogP contribution in [0, 0.1) is 28.1 Å². The molecule has 128 valence electrons. The Balaban J connectivity index is 1.88. The van der Waals surface area contributed by atoms with Gasteiger partial charge in [-0.05, 0) is 17.2 Å². The highest BCUT2D eigenvalue weighted by molar-refractivity contribution is 6.12. The molecule has 2 aliphatic heterocycles. The quantitative estimate of drug-likeness (QED) is 0.843. The summed E-state index contributed by atoms with van der Waals surface area (Å²) in [7, 11) is 0. The molecule has 0 radical (unpaired) electrons. The molecule has 1 atom stereocenters. The van der Waals surface area contributed by atoms with Gasteiger partial charge < -0.3 is 5.32 Å². The first kappa shape index (κ1) is 16.5. The Morgan fingerprint density at radius 3 is 2.15 bits per heavy atom. The minimum absolute atomic E-state index is 0.137. The van der Waals surface area contributed by atoms with Crippen LogP contribution in [0.5, 0.6) is 0 Å². The van der Waals surface area contributed by atoms with Crippen LogP contribution in [0.15, 0.2) is 83.0 Å². The van der Waals surface area contributed by atoms with Crippen molar-refractivity contribution in [2.45, 2.75) is 6.42 Å². The van der Waals surface area contributed by atoms with E-state index in [1.165, 1.54) is 0 Å². The lowest BCUT2D eigenvalue weighted by molar-refractivity contribution is -0.124. The summed E-state index contributed by atoms with van der Waals surface area (Å²) in [5.74, 6) is -0.269. The molecule has 27 heavy (non-hydrogen) atoms. The number of carbonyl (C=O) groups is 1. The number of hydrogen-bond acceptors (Lipinski definition) is 4. The Morgan fingerprint density at radius 2 is 1.56 bits per heavy atom. The van der Waals surface area contributed by atoms with Crippen molar-refractivity contribution < 1.29 is 4.79 Å². The van der Waals surface area contributed by atoms with E-state index in [0.717, 1.165) is 11.1 Å². The van der Waals surface area contributed by atoms with Gasteiger partial charge in [0.2, 0.25) is 5.91 Å². The number of benzene rings is 2. The van der Waals surface area contributed by atoms with Crippen molar-refractivity contribution in [3.05, 3.63) is 89.1 Å². The maximum absolute atomic E-state index is 13.0. The predicted octanol–water partition coefficient (Wildman–Crippen LogP) is 3.34. The lowest BCUT2D eigenvalue weighted by Crippen LogP contribution is -2.33. The standard InChI is InChI=1S/C22H14N4O/c23-13-17(14-24)20-22(11-18(25-20)15-7-3-1-4-8-15)12-19(26-21(22)27)16-9-5-2-6-10-16/h1-10,12H,11H2,(H,26,27). The molecular formula is C22H14N4O. The number of nitrogens with zero attached hydrogens (tertiary/aromatic N) is 3. The molecule has 4 rings (SSSR count). The van der Waals surface area contributed by atoms with Crippen molar-refractivity contribution >= 4 is 17.3 Å². The van der Waals surface area contributed by atoms with Gasteiger partial charge in [0.25, 0.3) is 0 Å². The monoisotopic (exact) mass is 350 g/mol. The molecule has 0 saturated heterocycles. The molecule has 2 heterocycles. The molecule has 1 unspecified atom stereocenters. The number of nitrogens with one attached hydrogen (secondary N) is 1. The van der Waals surface area contributed by atoms with Gasteiger partial charge in [0.15, 0.2) is 5.57 Å². The number of allylic oxidation sites excluding steroid dienone is 1. The molecule has 2 aromatic carbocycles. The first-order valence-electron chi connectivity index (χ1n) is 8.45. The lowest BCUT2D eigenvalue weighted by atomic mass is 9.79. The molecule has 2 aromatic rings. The van der Waals surface area contributed by atoms with Crippen LogP contribution in [-0.2, 0) is 4.79 Å². The van der Waals surface area contributed by atoms with E-state index in [1.54, 1.807) is 6.08 Å². The summed E-state index contributed by atoms with van der Waals surface area (Å²) in [5.41, 5.74) is 2.03. The van der Waals surface area contributed by atoms with Crippen LogP contribution in [0.25, 0.3) is 5.70 Å². The normalized spacial score (nSPS) is 20.5. The Kier molecular flexibility index (Phi) is 3.91. The van der Waals surface area contributed by atoms with E-state index >= 15 is 0 Å². The van der Waals surface area contributed by atoms with Gasteiger partial charge in [-0.15, -0.1) is 0 Å². The number of amides is 1. The van der Waals surface area contributed by atoms with Crippen molar-refractivity contribution in [2.75, 3.05) is 0 Å². The maximum Gasteiger partial charge on any atom is 0.241 e. The van der Waals surface area contributed by atoms with E-state index in [-0.39, 0.29) is 17.2 Å². The molecular weight excluding hydrogens is 336 g/mol. The van der Waals surface area contributed by atoms with Gasteiger partial charge in [-0.25, -0.2) is 0 Å². The van der Waals surface area contributed by atoms with E-state index < -0.39 is 5.41 Å². The molecule has 2 aliphatic rings. The topological polar surface area (TPSA) is 89.0 Å². The minimum Gasteiger partial charge on any atom is -0.325 e. The Morgan fingerprint density at radius 1 is 0.963 bits per heavy atom. The highest BCUT2D eigenvalue weighted by atomic mass is 16.2. The van der Waals surface area contributed by atoms with Gasteiger partial charge in [0.1, 0.15) is 17.6 Å². The largest absolute Gasteiger partial charge is 0.325 e. The summed E-state index contributed by atoms with van der Waals surface area (Å²) in [6.07, 6.45) is 2.11. The average Bonchev–Trinajstić information content (AvgIpc) is 3.26. The van der Waals surface area contributed by atoms with Gasteiger partial charge >= 0.3 is 0 Å². The Labute approximate surface area is 156 Å². The summed E-state index contributed by atoms with van der Waals surface area (Å²) in [6.45, 7) is 0. The molecule has 1 amide bonds. The zero-order chi connectivity index (χ0) is 18.9. The first-order chi connectivity index (χ1) is 13.2. The van der Waals surface area contributed by atoms with Crippen LogP contribution in [0.4, 0.5) is 0 Å². The summed E-state index contributed by atoms with van der Waals surface area (Å²) < 4.78 is 0. The van der Waals surface area contributed by atoms with Gasteiger partial charge in [-0.3, -0.25) is 9.79 Å². The van der Waals surface area contributed by atoms with Crippen LogP contribution in [0.3, 0.4) is 0 Å². The second-order valence-electron chi connectivity index (χ2n) is 6.40. The molecule has 5 nitrogen and oxygen atoms in total. The van der Waals surface area contributed by atoms with Crippen LogP contribution < -0.4 is 5.32 Å².